The van der Waals surface area contributed by atoms with E-state index in [2.05, 4.69) is 96.0 Å². The van der Waals surface area contributed by atoms with Gasteiger partial charge in [-0.05, 0) is 35.4 Å². The van der Waals surface area contributed by atoms with Crippen molar-refractivity contribution in [2.24, 2.45) is 0 Å². The van der Waals surface area contributed by atoms with E-state index in [1.165, 1.54) is 22.3 Å². The molecule has 3 aromatic carbocycles. The largest absolute Gasteiger partial charge is 0.222 e. The number of pyridine rings is 1. The van der Waals surface area contributed by atoms with Crippen molar-refractivity contribution in [2.45, 2.75) is 0 Å². The molecule has 146 valence electrons. The summed E-state index contributed by atoms with van der Waals surface area (Å²) in [4.78, 5) is 3.59. The maximum Gasteiger partial charge on any atom is 0.211 e. The number of aromatic nitrogens is 1. The van der Waals surface area contributed by atoms with Crippen LogP contribution in [0, 0.1) is 10.2 Å². The fourth-order valence-electron chi connectivity index (χ4n) is 2.91. The summed E-state index contributed by atoms with van der Waals surface area (Å²) in [5.74, 6) is 0. The SMILES string of the molecule is [O-][Cl+3]([O-])([O-])[O-].c1ccc(-c2cc(-c3ccccc3)[nH+]c(-c3ccccc3)c2)cc1. The highest BCUT2D eigenvalue weighted by molar-refractivity contribution is 5.73. The Morgan fingerprint density at radius 2 is 0.759 bits per heavy atom. The van der Waals surface area contributed by atoms with E-state index in [4.69, 9.17) is 18.6 Å². The van der Waals surface area contributed by atoms with Gasteiger partial charge in [-0.1, -0.05) is 66.7 Å². The van der Waals surface area contributed by atoms with Crippen molar-refractivity contribution in [2.75, 3.05) is 0 Å². The van der Waals surface area contributed by atoms with Gasteiger partial charge in [-0.15, -0.1) is 10.2 Å². The predicted molar refractivity (Wildman–Crippen MR) is 99.3 cm³/mol. The van der Waals surface area contributed by atoms with E-state index in [0.717, 1.165) is 11.4 Å². The molecule has 1 N–H and O–H groups in total. The summed E-state index contributed by atoms with van der Waals surface area (Å²) in [6.45, 7) is 0. The Hall–Kier alpha value is -3.06. The van der Waals surface area contributed by atoms with Crippen molar-refractivity contribution in [1.82, 2.24) is 0 Å². The van der Waals surface area contributed by atoms with Crippen LogP contribution in [0.3, 0.4) is 0 Å². The summed E-state index contributed by atoms with van der Waals surface area (Å²) in [7, 11) is -4.94. The second-order valence-electron chi connectivity index (χ2n) is 6.17. The third kappa shape index (κ3) is 6.50. The van der Waals surface area contributed by atoms with Crippen molar-refractivity contribution in [3.63, 3.8) is 0 Å². The fourth-order valence-corrected chi connectivity index (χ4v) is 2.91. The van der Waals surface area contributed by atoms with Crippen LogP contribution in [0.1, 0.15) is 0 Å². The zero-order valence-electron chi connectivity index (χ0n) is 15.3. The molecule has 29 heavy (non-hydrogen) atoms. The van der Waals surface area contributed by atoms with Gasteiger partial charge in [0.1, 0.15) is 0 Å². The van der Waals surface area contributed by atoms with Gasteiger partial charge in [0.25, 0.3) is 0 Å². The topological polar surface area (TPSA) is 106 Å². The number of rotatable bonds is 3. The summed E-state index contributed by atoms with van der Waals surface area (Å²) in [5, 5.41) is 0. The van der Waals surface area contributed by atoms with Gasteiger partial charge >= 0.3 is 0 Å². The van der Waals surface area contributed by atoms with E-state index in [1.54, 1.807) is 0 Å². The van der Waals surface area contributed by atoms with Crippen LogP contribution < -0.4 is 23.6 Å². The Balaban J connectivity index is 0.000000431. The minimum Gasteiger partial charge on any atom is -0.222 e. The lowest BCUT2D eigenvalue weighted by Crippen LogP contribution is -2.68. The Morgan fingerprint density at radius 3 is 1.10 bits per heavy atom. The average Bonchev–Trinajstić information content (AvgIpc) is 2.74. The van der Waals surface area contributed by atoms with E-state index in [0.29, 0.717) is 0 Å². The predicted octanol–water partition coefficient (Wildman–Crippen LogP) is 0.746. The average molecular weight is 408 g/mol. The Bertz CT molecular complexity index is 891. The molecule has 0 fully saturated rings. The standard InChI is InChI=1S/C23H17N.ClHO4/c1-4-10-18(11-5-1)21-16-22(19-12-6-2-7-13-19)24-23(17-21)20-14-8-3-9-15-20;2-1(3,4)5/h1-17H;(H,2,3,4,5). The van der Waals surface area contributed by atoms with Gasteiger partial charge in [-0.3, -0.25) is 0 Å². The number of benzene rings is 3. The Labute approximate surface area is 170 Å². The lowest BCUT2D eigenvalue weighted by molar-refractivity contribution is -2.00. The molecule has 0 unspecified atom stereocenters. The normalized spacial score (nSPS) is 10.8. The molecule has 0 aliphatic heterocycles. The molecule has 5 nitrogen and oxygen atoms in total. The minimum absolute atomic E-state index is 1.12. The first-order chi connectivity index (χ1) is 13.9. The molecule has 0 atom stereocenters. The first-order valence-electron chi connectivity index (χ1n) is 8.75. The first-order valence-corrected chi connectivity index (χ1v) is 9.99. The number of hydrogen-bond donors (Lipinski definition) is 0. The lowest BCUT2D eigenvalue weighted by atomic mass is 10.00. The molecule has 4 aromatic rings. The fraction of sp³-hybridized carbons (Fsp3) is 0. The molecule has 0 radical (unpaired) electrons. The van der Waals surface area contributed by atoms with Crippen molar-refractivity contribution < 1.29 is 33.9 Å². The smallest absolute Gasteiger partial charge is 0.211 e. The monoisotopic (exact) mass is 407 g/mol. The Kier molecular flexibility index (Phi) is 6.72. The van der Waals surface area contributed by atoms with Crippen LogP contribution >= 0.6 is 0 Å². The maximum atomic E-state index is 8.49. The zero-order chi connectivity index (χ0) is 20.7. The Morgan fingerprint density at radius 1 is 0.448 bits per heavy atom. The molecule has 0 saturated carbocycles. The molecule has 4 rings (SSSR count). The van der Waals surface area contributed by atoms with E-state index in [1.807, 2.05) is 12.1 Å². The van der Waals surface area contributed by atoms with Gasteiger partial charge in [-0.2, -0.15) is 0 Å². The van der Waals surface area contributed by atoms with E-state index in [9.17, 15) is 0 Å². The molecule has 0 aliphatic rings. The molecule has 0 bridgehead atoms. The van der Waals surface area contributed by atoms with Gasteiger partial charge in [-0.25, -0.2) is 23.6 Å². The zero-order valence-corrected chi connectivity index (χ0v) is 16.1. The van der Waals surface area contributed by atoms with Gasteiger partial charge < -0.3 is 0 Å². The number of nitrogens with one attached hydrogen (secondary N) is 1. The molecule has 6 heteroatoms. The molecule has 1 aromatic heterocycles. The second kappa shape index (κ2) is 9.43. The highest BCUT2D eigenvalue weighted by Gasteiger charge is 2.14. The van der Waals surface area contributed by atoms with Crippen LogP contribution in [-0.4, -0.2) is 0 Å². The van der Waals surface area contributed by atoms with Gasteiger partial charge in [0.2, 0.25) is 11.4 Å². The number of halogens is 1. The maximum absolute atomic E-state index is 8.49. The van der Waals surface area contributed by atoms with E-state index < -0.39 is 10.2 Å². The molecule has 1 heterocycles. The number of aromatic amines is 1. The second-order valence-corrected chi connectivity index (χ2v) is 6.93. The van der Waals surface area contributed by atoms with Crippen LogP contribution in [0.2, 0.25) is 0 Å². The summed E-state index contributed by atoms with van der Waals surface area (Å²) in [6, 6.07) is 35.9. The summed E-state index contributed by atoms with van der Waals surface area (Å²) >= 11 is 0. The van der Waals surface area contributed by atoms with E-state index in [-0.39, 0.29) is 0 Å². The van der Waals surface area contributed by atoms with E-state index >= 15 is 0 Å². The number of hydrogen-bond acceptors (Lipinski definition) is 4. The van der Waals surface area contributed by atoms with Crippen molar-refractivity contribution in [1.29, 1.82) is 0 Å². The highest BCUT2D eigenvalue weighted by Crippen LogP contribution is 2.27. The minimum atomic E-state index is -4.94. The molecular weight excluding hydrogens is 390 g/mol. The van der Waals surface area contributed by atoms with Crippen molar-refractivity contribution >= 4 is 0 Å². The third-order valence-corrected chi connectivity index (χ3v) is 4.15. The van der Waals surface area contributed by atoms with Gasteiger partial charge in [0, 0.05) is 23.3 Å². The van der Waals surface area contributed by atoms with Crippen LogP contribution in [-0.2, 0) is 0 Å². The lowest BCUT2D eigenvalue weighted by Gasteiger charge is -2.17. The number of H-pyrrole nitrogens is 1. The van der Waals surface area contributed by atoms with Crippen molar-refractivity contribution in [3.05, 3.63) is 103 Å². The highest BCUT2D eigenvalue weighted by atomic mass is 35.7. The van der Waals surface area contributed by atoms with Crippen LogP contribution in [0.15, 0.2) is 103 Å². The summed E-state index contributed by atoms with van der Waals surface area (Å²) < 4.78 is 34.0. The first kappa shape index (κ1) is 20.7. The van der Waals surface area contributed by atoms with Crippen LogP contribution in [0.4, 0.5) is 0 Å². The van der Waals surface area contributed by atoms with Crippen LogP contribution in [0.5, 0.6) is 0 Å². The molecular formula is C23H18ClNO4. The van der Waals surface area contributed by atoms with Gasteiger partial charge in [0.05, 0.1) is 0 Å². The summed E-state index contributed by atoms with van der Waals surface area (Å²) in [6.07, 6.45) is 0. The summed E-state index contributed by atoms with van der Waals surface area (Å²) in [5.41, 5.74) is 7.06. The van der Waals surface area contributed by atoms with Crippen LogP contribution in [0.25, 0.3) is 33.6 Å². The third-order valence-electron chi connectivity index (χ3n) is 4.15. The molecule has 0 aliphatic carbocycles. The molecule has 0 saturated heterocycles. The van der Waals surface area contributed by atoms with Crippen molar-refractivity contribution in [3.8, 4) is 33.6 Å². The molecule has 0 amide bonds. The quantitative estimate of drug-likeness (QED) is 0.499. The van der Waals surface area contributed by atoms with Gasteiger partial charge in [0.15, 0.2) is 0 Å². The molecule has 0 spiro atoms.